The molecule has 0 radical (unpaired) electrons. The maximum Gasteiger partial charge on any atom is 0.420 e. The van der Waals surface area contributed by atoms with Gasteiger partial charge in [-0.2, -0.15) is 13.2 Å². The number of alkyl halides is 3. The van der Waals surface area contributed by atoms with Crippen molar-refractivity contribution < 1.29 is 18.0 Å². The standard InChI is InChI=1S/C29H30F3N5O/c1-35-16-14-21(15-17-35)36(2)26-9-5-7-24(28(26)29(30,31)32)34-27(38)18-20-10-12-22(13-11-20)37-19-33-23-6-3-4-8-25(23)37/h3-13,19,21H,14-18H2,1-2H3,(H,34,38). The number of amides is 1. The molecule has 1 saturated heterocycles. The summed E-state index contributed by atoms with van der Waals surface area (Å²) in [6.07, 6.45) is -1.36. The molecule has 4 aromatic rings. The molecule has 9 heteroatoms. The lowest BCUT2D eigenvalue weighted by Gasteiger charge is -2.37. The van der Waals surface area contributed by atoms with Crippen molar-refractivity contribution in [3.63, 3.8) is 0 Å². The monoisotopic (exact) mass is 521 g/mol. The van der Waals surface area contributed by atoms with Gasteiger partial charge in [0, 0.05) is 18.8 Å². The van der Waals surface area contributed by atoms with Crippen LogP contribution in [0.3, 0.4) is 0 Å². The topological polar surface area (TPSA) is 53.4 Å². The first-order valence-corrected chi connectivity index (χ1v) is 12.6. The zero-order valence-corrected chi connectivity index (χ0v) is 21.4. The van der Waals surface area contributed by atoms with Gasteiger partial charge in [-0.05, 0) is 74.9 Å². The Kier molecular flexibility index (Phi) is 7.12. The lowest BCUT2D eigenvalue weighted by Crippen LogP contribution is -2.42. The van der Waals surface area contributed by atoms with E-state index in [1.807, 2.05) is 48.0 Å². The van der Waals surface area contributed by atoms with E-state index in [2.05, 4.69) is 15.2 Å². The summed E-state index contributed by atoms with van der Waals surface area (Å²) >= 11 is 0. The molecule has 6 nitrogen and oxygen atoms in total. The summed E-state index contributed by atoms with van der Waals surface area (Å²) in [5.74, 6) is -0.504. The Hall–Kier alpha value is -3.85. The molecular weight excluding hydrogens is 491 g/mol. The van der Waals surface area contributed by atoms with E-state index in [0.29, 0.717) is 5.56 Å². The maximum absolute atomic E-state index is 14.3. The summed E-state index contributed by atoms with van der Waals surface area (Å²) in [7, 11) is 3.72. The fraction of sp³-hybridized carbons (Fsp3) is 0.310. The van der Waals surface area contributed by atoms with Crippen LogP contribution in [0.5, 0.6) is 0 Å². The van der Waals surface area contributed by atoms with Gasteiger partial charge < -0.3 is 15.1 Å². The highest BCUT2D eigenvalue weighted by Gasteiger charge is 2.39. The van der Waals surface area contributed by atoms with Gasteiger partial charge in [0.1, 0.15) is 11.9 Å². The van der Waals surface area contributed by atoms with E-state index in [4.69, 9.17) is 0 Å². The number of nitrogens with one attached hydrogen (secondary N) is 1. The molecule has 1 aromatic heterocycles. The Labute approximate surface area is 219 Å². The minimum Gasteiger partial charge on any atom is -0.371 e. The van der Waals surface area contributed by atoms with E-state index in [1.54, 1.807) is 36.5 Å². The van der Waals surface area contributed by atoms with Crippen LogP contribution < -0.4 is 10.2 Å². The molecule has 2 heterocycles. The van der Waals surface area contributed by atoms with Crippen molar-refractivity contribution in [3.8, 4) is 5.69 Å². The number of fused-ring (bicyclic) bond motifs is 1. The molecule has 0 bridgehead atoms. The van der Waals surface area contributed by atoms with Crippen molar-refractivity contribution in [3.05, 3.63) is 84.2 Å². The smallest absolute Gasteiger partial charge is 0.371 e. The number of hydrogen-bond donors (Lipinski definition) is 1. The molecule has 1 N–H and O–H groups in total. The highest BCUT2D eigenvalue weighted by Crippen LogP contribution is 2.42. The second kappa shape index (κ2) is 10.5. The number of imidazole rings is 1. The molecular formula is C29H30F3N5O. The molecule has 3 aromatic carbocycles. The van der Waals surface area contributed by atoms with Gasteiger partial charge in [-0.1, -0.05) is 30.3 Å². The Bertz CT molecular complexity index is 1420. The number of para-hydroxylation sites is 2. The van der Waals surface area contributed by atoms with E-state index in [1.165, 1.54) is 12.1 Å². The van der Waals surface area contributed by atoms with Crippen molar-refractivity contribution >= 4 is 28.3 Å². The summed E-state index contributed by atoms with van der Waals surface area (Å²) in [5.41, 5.74) is 2.47. The lowest BCUT2D eigenvalue weighted by molar-refractivity contribution is -0.136. The Morgan fingerprint density at radius 3 is 2.45 bits per heavy atom. The number of benzene rings is 3. The van der Waals surface area contributed by atoms with Crippen LogP contribution in [-0.4, -0.2) is 53.6 Å². The van der Waals surface area contributed by atoms with Crippen LogP contribution in [0.4, 0.5) is 24.5 Å². The van der Waals surface area contributed by atoms with Crippen molar-refractivity contribution in [1.82, 2.24) is 14.5 Å². The molecule has 5 rings (SSSR count). The fourth-order valence-electron chi connectivity index (χ4n) is 5.13. The highest BCUT2D eigenvalue weighted by atomic mass is 19.4. The quantitative estimate of drug-likeness (QED) is 0.351. The predicted octanol–water partition coefficient (Wildman–Crippen LogP) is 5.76. The summed E-state index contributed by atoms with van der Waals surface area (Å²) in [4.78, 5) is 21.1. The first kappa shape index (κ1) is 25.8. The minimum atomic E-state index is -4.62. The van der Waals surface area contributed by atoms with Gasteiger partial charge in [-0.15, -0.1) is 0 Å². The number of likely N-dealkylation sites (tertiary alicyclic amines) is 1. The Balaban J connectivity index is 1.33. The molecule has 0 spiro atoms. The average Bonchev–Trinajstić information content (AvgIpc) is 3.32. The third kappa shape index (κ3) is 5.38. The number of halogens is 3. The van der Waals surface area contributed by atoms with E-state index in [-0.39, 0.29) is 23.8 Å². The van der Waals surface area contributed by atoms with Gasteiger partial charge in [-0.3, -0.25) is 9.36 Å². The molecule has 0 atom stereocenters. The summed E-state index contributed by atoms with van der Waals surface area (Å²) in [6.45, 7) is 1.67. The summed E-state index contributed by atoms with van der Waals surface area (Å²) in [6, 6.07) is 19.5. The lowest BCUT2D eigenvalue weighted by atomic mass is 10.0. The van der Waals surface area contributed by atoms with E-state index in [0.717, 1.165) is 42.7 Å². The molecule has 0 saturated carbocycles. The van der Waals surface area contributed by atoms with Crippen molar-refractivity contribution in [2.45, 2.75) is 31.5 Å². The number of anilines is 2. The number of hydrogen-bond acceptors (Lipinski definition) is 4. The van der Waals surface area contributed by atoms with Crippen molar-refractivity contribution in [2.75, 3.05) is 37.4 Å². The van der Waals surface area contributed by atoms with Crippen LogP contribution in [-0.2, 0) is 17.4 Å². The maximum atomic E-state index is 14.3. The predicted molar refractivity (Wildman–Crippen MR) is 144 cm³/mol. The fourth-order valence-corrected chi connectivity index (χ4v) is 5.13. The number of carbonyl (C=O) groups is 1. The normalized spacial score (nSPS) is 15.1. The third-order valence-electron chi connectivity index (χ3n) is 7.25. The summed E-state index contributed by atoms with van der Waals surface area (Å²) in [5, 5.41) is 2.53. The van der Waals surface area contributed by atoms with Gasteiger partial charge >= 0.3 is 6.18 Å². The Morgan fingerprint density at radius 2 is 1.74 bits per heavy atom. The van der Waals surface area contributed by atoms with E-state index < -0.39 is 17.6 Å². The second-order valence-corrected chi connectivity index (χ2v) is 9.84. The number of rotatable bonds is 6. The molecule has 1 aliphatic heterocycles. The second-order valence-electron chi connectivity index (χ2n) is 9.84. The molecule has 0 aliphatic carbocycles. The van der Waals surface area contributed by atoms with Crippen LogP contribution in [0, 0.1) is 0 Å². The van der Waals surface area contributed by atoms with Crippen LogP contribution in [0.15, 0.2) is 73.1 Å². The Morgan fingerprint density at radius 1 is 1.03 bits per heavy atom. The first-order chi connectivity index (χ1) is 18.2. The van der Waals surface area contributed by atoms with Crippen LogP contribution in [0.2, 0.25) is 0 Å². The first-order valence-electron chi connectivity index (χ1n) is 12.6. The number of piperidine rings is 1. The van der Waals surface area contributed by atoms with Gasteiger partial charge in [0.05, 0.1) is 28.8 Å². The van der Waals surface area contributed by atoms with Crippen LogP contribution in [0.1, 0.15) is 24.0 Å². The van der Waals surface area contributed by atoms with E-state index >= 15 is 0 Å². The third-order valence-corrected chi connectivity index (χ3v) is 7.25. The SMILES string of the molecule is CN1CCC(N(C)c2cccc(NC(=O)Cc3ccc(-n4cnc5ccccc54)cc3)c2C(F)(F)F)CC1. The zero-order valence-electron chi connectivity index (χ0n) is 21.4. The zero-order chi connectivity index (χ0) is 26.9. The van der Waals surface area contributed by atoms with Gasteiger partial charge in [0.2, 0.25) is 5.91 Å². The number of aromatic nitrogens is 2. The minimum absolute atomic E-state index is 0.00406. The van der Waals surface area contributed by atoms with Crippen LogP contribution in [0.25, 0.3) is 16.7 Å². The van der Waals surface area contributed by atoms with E-state index in [9.17, 15) is 18.0 Å². The van der Waals surface area contributed by atoms with Crippen molar-refractivity contribution in [2.24, 2.45) is 0 Å². The van der Waals surface area contributed by atoms with Crippen molar-refractivity contribution in [1.29, 1.82) is 0 Å². The van der Waals surface area contributed by atoms with Gasteiger partial charge in [0.25, 0.3) is 0 Å². The average molecular weight is 522 g/mol. The van der Waals surface area contributed by atoms with Gasteiger partial charge in [0.15, 0.2) is 0 Å². The summed E-state index contributed by atoms with van der Waals surface area (Å²) < 4.78 is 44.8. The highest BCUT2D eigenvalue weighted by molar-refractivity contribution is 5.94. The number of nitrogens with zero attached hydrogens (tertiary/aromatic N) is 4. The van der Waals surface area contributed by atoms with Gasteiger partial charge in [-0.25, -0.2) is 4.98 Å². The molecule has 1 aliphatic rings. The molecule has 0 unspecified atom stereocenters. The molecule has 38 heavy (non-hydrogen) atoms. The molecule has 1 fully saturated rings. The van der Waals surface area contributed by atoms with Crippen LogP contribution >= 0.6 is 0 Å². The molecule has 1 amide bonds. The largest absolute Gasteiger partial charge is 0.420 e. The molecule has 198 valence electrons. The number of carbonyl (C=O) groups excluding carboxylic acids is 1.